The molecular weight excluding hydrogens is 699 g/mol. The van der Waals surface area contributed by atoms with Gasteiger partial charge in [-0.1, -0.05) is 69.2 Å². The van der Waals surface area contributed by atoms with Gasteiger partial charge in [0.15, 0.2) is 0 Å². The lowest BCUT2D eigenvalue weighted by atomic mass is 10.0. The lowest BCUT2D eigenvalue weighted by Gasteiger charge is -2.30. The van der Waals surface area contributed by atoms with Crippen LogP contribution in [0.4, 0.5) is 4.79 Å². The zero-order chi connectivity index (χ0) is 38.6. The topological polar surface area (TPSA) is 186 Å². The summed E-state index contributed by atoms with van der Waals surface area (Å²) in [6, 6.07) is 5.27. The third-order valence-corrected chi connectivity index (χ3v) is 12.7. The maximum atomic E-state index is 14.4. The zero-order valence-electron chi connectivity index (χ0n) is 31.3. The van der Waals surface area contributed by atoms with Crippen LogP contribution in [-0.2, 0) is 33.9 Å². The van der Waals surface area contributed by atoms with Gasteiger partial charge in [0, 0.05) is 17.9 Å². The Balaban J connectivity index is 1.45. The Morgan fingerprint density at radius 1 is 1.15 bits per heavy atom. The summed E-state index contributed by atoms with van der Waals surface area (Å²) in [7, 11) is -4.00. The van der Waals surface area contributed by atoms with Crippen molar-refractivity contribution in [1.82, 2.24) is 20.3 Å². The van der Waals surface area contributed by atoms with Crippen LogP contribution in [0, 0.1) is 5.92 Å². The van der Waals surface area contributed by atoms with E-state index in [2.05, 4.69) is 21.9 Å². The molecule has 1 saturated heterocycles. The molecule has 1 aromatic carbocycles. The Bertz CT molecular complexity index is 1750. The number of fused-ring (bicyclic) bond motifs is 2. The fraction of sp³-hybridized carbons (Fsp3) is 0.590. The van der Waals surface area contributed by atoms with Gasteiger partial charge in [-0.2, -0.15) is 0 Å². The van der Waals surface area contributed by atoms with Gasteiger partial charge in [0.05, 0.1) is 11.3 Å². The highest BCUT2D eigenvalue weighted by molar-refractivity contribution is 7.91. The maximum Gasteiger partial charge on any atom is 0.408 e. The number of hydrogen-bond acceptors (Lipinski definition) is 9. The van der Waals surface area contributed by atoms with Crippen LogP contribution in [0.15, 0.2) is 49.2 Å². The Labute approximate surface area is 313 Å². The molecule has 2 saturated carbocycles. The van der Waals surface area contributed by atoms with Crippen molar-refractivity contribution in [2.75, 3.05) is 6.54 Å². The van der Waals surface area contributed by atoms with Crippen molar-refractivity contribution in [3.05, 3.63) is 60.3 Å². The zero-order valence-corrected chi connectivity index (χ0v) is 32.1. The smallest absolute Gasteiger partial charge is 0.408 e. The van der Waals surface area contributed by atoms with E-state index in [1.54, 1.807) is 26.8 Å². The molecule has 0 bridgehead atoms. The van der Waals surface area contributed by atoms with Crippen molar-refractivity contribution in [3.63, 3.8) is 0 Å². The molecule has 14 heteroatoms. The number of carbonyl (C=O) groups is 4. The van der Waals surface area contributed by atoms with Crippen LogP contribution < -0.4 is 21.1 Å². The van der Waals surface area contributed by atoms with Crippen molar-refractivity contribution in [1.29, 1.82) is 0 Å². The van der Waals surface area contributed by atoms with E-state index >= 15 is 0 Å². The minimum absolute atomic E-state index is 0.00617. The molecule has 53 heavy (non-hydrogen) atoms. The molecule has 290 valence electrons. The molecule has 2 aliphatic carbocycles. The first kappa shape index (κ1) is 39.9. The van der Waals surface area contributed by atoms with Crippen molar-refractivity contribution >= 4 is 45.7 Å². The first-order chi connectivity index (χ1) is 25.0. The van der Waals surface area contributed by atoms with Gasteiger partial charge in [0.25, 0.3) is 5.91 Å². The number of rotatable bonds is 10. The molecule has 13 nitrogen and oxygen atoms in total. The average Bonchev–Trinajstić information content (AvgIpc) is 3.97. The summed E-state index contributed by atoms with van der Waals surface area (Å²) in [4.78, 5) is 57.1. The Morgan fingerprint density at radius 2 is 1.89 bits per heavy atom. The second-order valence-electron chi connectivity index (χ2n) is 15.8. The molecule has 2 aliphatic heterocycles. The van der Waals surface area contributed by atoms with Crippen LogP contribution in [0.1, 0.15) is 109 Å². The summed E-state index contributed by atoms with van der Waals surface area (Å²) in [5.41, 5.74) is 4.80. The second-order valence-corrected chi connectivity index (χ2v) is 17.8. The van der Waals surface area contributed by atoms with Gasteiger partial charge in [0.2, 0.25) is 21.8 Å². The number of nitrogens with one attached hydrogen (secondary N) is 3. The van der Waals surface area contributed by atoms with Crippen molar-refractivity contribution in [2.45, 2.75) is 132 Å². The van der Waals surface area contributed by atoms with E-state index in [0.717, 1.165) is 18.4 Å². The van der Waals surface area contributed by atoms with Crippen molar-refractivity contribution in [2.24, 2.45) is 11.7 Å². The summed E-state index contributed by atoms with van der Waals surface area (Å²) in [6.45, 7) is 11.2. The van der Waals surface area contributed by atoms with Crippen LogP contribution in [0.3, 0.4) is 0 Å². The first-order valence-corrected chi connectivity index (χ1v) is 20.2. The summed E-state index contributed by atoms with van der Waals surface area (Å²) in [6.07, 6.45) is 11.0. The number of nitrogens with two attached hydrogens (primary N) is 1. The van der Waals surface area contributed by atoms with Crippen LogP contribution in [0.2, 0.25) is 0 Å². The molecule has 5 N–H and O–H groups in total. The molecule has 1 aromatic rings. The number of carbonyl (C=O) groups excluding carboxylic acids is 4. The fourth-order valence-electron chi connectivity index (χ4n) is 7.45. The average molecular weight is 754 g/mol. The number of alkyl carbamates (subject to hydrolysis) is 1. The molecule has 4 aliphatic rings. The largest absolute Gasteiger partial charge is 0.488 e. The summed E-state index contributed by atoms with van der Waals surface area (Å²) in [5.74, 6) is -2.00. The molecule has 3 fully saturated rings. The molecular formula is C39H55N5O8S. The highest BCUT2D eigenvalue weighted by Gasteiger charge is 2.63. The standard InChI is InChI=1S/C39H55N5O8S/c1-6-19-38(20-21-38)53(49,50)43-35(47)39-24-28(39)15-10-8-7-9-11-17-31(41-36(48)52-37(3,4)5)34(46)44-25-29(23-32(44)33(45)42-39)51-26(2)30-16-13-12-14-27(30)18-22-40/h10,12-16,18,22,28-29,31-32H,2,6-9,11,17,19-21,23-25,40H2,1,3-5H3,(H,41,48)(H,42,45)(H,43,47)/b15-10-,22-18-/t28-,29-,31+,32+,39-/m1/s1. The Kier molecular flexibility index (Phi) is 12.0. The number of benzene rings is 1. The number of hydrogen-bond donors (Lipinski definition) is 4. The van der Waals surface area contributed by atoms with Crippen LogP contribution in [-0.4, -0.2) is 77.8 Å². The van der Waals surface area contributed by atoms with E-state index in [1.165, 1.54) is 11.1 Å². The van der Waals surface area contributed by atoms with Crippen LogP contribution >= 0.6 is 0 Å². The van der Waals surface area contributed by atoms with Crippen LogP contribution in [0.5, 0.6) is 0 Å². The predicted octanol–water partition coefficient (Wildman–Crippen LogP) is 4.64. The third kappa shape index (κ3) is 9.25. The van der Waals surface area contributed by atoms with E-state index in [0.29, 0.717) is 56.3 Å². The highest BCUT2D eigenvalue weighted by Crippen LogP contribution is 2.49. The maximum absolute atomic E-state index is 14.4. The van der Waals surface area contributed by atoms with Gasteiger partial charge in [-0.05, 0) is 83.6 Å². The highest BCUT2D eigenvalue weighted by atomic mass is 32.2. The molecule has 0 unspecified atom stereocenters. The Morgan fingerprint density at radius 3 is 2.57 bits per heavy atom. The van der Waals surface area contributed by atoms with E-state index in [-0.39, 0.29) is 19.4 Å². The molecule has 2 heterocycles. The fourth-order valence-corrected chi connectivity index (χ4v) is 9.20. The van der Waals surface area contributed by atoms with E-state index in [1.807, 2.05) is 43.3 Å². The van der Waals surface area contributed by atoms with E-state index < -0.39 is 73.8 Å². The molecule has 0 aromatic heterocycles. The van der Waals surface area contributed by atoms with Gasteiger partial charge >= 0.3 is 6.09 Å². The van der Waals surface area contributed by atoms with E-state index in [9.17, 15) is 27.6 Å². The molecule has 5 atom stereocenters. The van der Waals surface area contributed by atoms with Crippen molar-refractivity contribution < 1.29 is 37.1 Å². The van der Waals surface area contributed by atoms with Gasteiger partial charge in [0.1, 0.15) is 35.1 Å². The van der Waals surface area contributed by atoms with Crippen molar-refractivity contribution in [3.8, 4) is 0 Å². The summed E-state index contributed by atoms with van der Waals surface area (Å²) < 4.78 is 40.1. The molecule has 5 rings (SSSR count). The van der Waals surface area contributed by atoms with E-state index in [4.69, 9.17) is 15.2 Å². The second kappa shape index (κ2) is 16.0. The lowest BCUT2D eigenvalue weighted by molar-refractivity contribution is -0.141. The SMILES string of the molecule is C=C(O[C@@H]1C[C@H]2C(=O)N[C@]3(C(=O)NS(=O)(=O)C4(CCC)CC4)C[C@H]3/C=C\CCCCC[C@H](NC(=O)OC(C)(C)C)C(=O)N2C1)c1ccccc1/C=C\N. The number of sulfonamides is 1. The first-order valence-electron chi connectivity index (χ1n) is 18.7. The number of ether oxygens (including phenoxy) is 2. The van der Waals surface area contributed by atoms with Gasteiger partial charge in [-0.3, -0.25) is 19.1 Å². The minimum Gasteiger partial charge on any atom is -0.488 e. The molecule has 4 amide bonds. The van der Waals surface area contributed by atoms with Gasteiger partial charge in [-0.15, -0.1) is 0 Å². The van der Waals surface area contributed by atoms with Crippen LogP contribution in [0.25, 0.3) is 11.8 Å². The van der Waals surface area contributed by atoms with Gasteiger partial charge in [-0.25, -0.2) is 13.2 Å². The number of amides is 4. The number of allylic oxidation sites excluding steroid dienone is 1. The number of nitrogens with zero attached hydrogens (tertiary/aromatic N) is 1. The minimum atomic E-state index is -4.00. The molecule has 0 spiro atoms. The predicted molar refractivity (Wildman–Crippen MR) is 202 cm³/mol. The normalized spacial score (nSPS) is 28.0. The monoisotopic (exact) mass is 753 g/mol. The quantitative estimate of drug-likeness (QED) is 0.195. The van der Waals surface area contributed by atoms with Gasteiger partial charge < -0.3 is 30.7 Å². The lowest BCUT2D eigenvalue weighted by Crippen LogP contribution is -2.58. The molecule has 0 radical (unpaired) electrons. The third-order valence-electron chi connectivity index (χ3n) is 10.5. The summed E-state index contributed by atoms with van der Waals surface area (Å²) >= 11 is 0. The Hall–Kier alpha value is -4.33. The summed E-state index contributed by atoms with van der Waals surface area (Å²) in [5, 5.41) is 5.64.